The van der Waals surface area contributed by atoms with Crippen LogP contribution in [0.5, 0.6) is 17.2 Å². The number of hydrogen-bond acceptors (Lipinski definition) is 4. The van der Waals surface area contributed by atoms with E-state index in [9.17, 15) is 0 Å². The number of nitrogens with two attached hydrogens (primary N) is 1. The second-order valence-corrected chi connectivity index (χ2v) is 6.94. The summed E-state index contributed by atoms with van der Waals surface area (Å²) in [6.45, 7) is 3.07. The Kier molecular flexibility index (Phi) is 7.33. The van der Waals surface area contributed by atoms with E-state index >= 15 is 0 Å². The van der Waals surface area contributed by atoms with E-state index in [1.165, 1.54) is 5.56 Å². The number of aryl methyl sites for hydroxylation is 1. The lowest BCUT2D eigenvalue weighted by atomic mass is 9.99. The Morgan fingerprint density at radius 3 is 2.27 bits per heavy atom. The molecule has 3 rings (SSSR count). The third kappa shape index (κ3) is 5.54. The number of hydrogen-bond donors (Lipinski definition) is 2. The average molecular weight is 405 g/mol. The Labute approximate surface area is 177 Å². The van der Waals surface area contributed by atoms with Gasteiger partial charge in [-0.15, -0.1) is 0 Å². The standard InChI is InChI=1S/C25H28N2O3/c1-3-5-21-16-20(18-8-10-19(11-9-18)25(26)27)12-13-24(21)30-15-14-29-23-7-4-6-22(17-23)28-2/h4,6-13,16-17H,3,5,14-15H2,1-2H3,(H3,26,27). The van der Waals surface area contributed by atoms with E-state index in [2.05, 4.69) is 19.1 Å². The molecule has 30 heavy (non-hydrogen) atoms. The number of nitrogen functional groups attached to an aromatic ring is 1. The summed E-state index contributed by atoms with van der Waals surface area (Å²) >= 11 is 0. The maximum atomic E-state index is 7.53. The van der Waals surface area contributed by atoms with Gasteiger partial charge in [-0.05, 0) is 47.4 Å². The molecule has 156 valence electrons. The number of ether oxygens (including phenoxy) is 3. The van der Waals surface area contributed by atoms with Gasteiger partial charge in [-0.1, -0.05) is 49.7 Å². The lowest BCUT2D eigenvalue weighted by Crippen LogP contribution is -2.10. The molecule has 5 heteroatoms. The summed E-state index contributed by atoms with van der Waals surface area (Å²) < 4.78 is 17.0. The summed E-state index contributed by atoms with van der Waals surface area (Å²) in [5.41, 5.74) is 9.65. The third-order valence-electron chi connectivity index (χ3n) is 4.76. The van der Waals surface area contributed by atoms with Crippen molar-refractivity contribution >= 4 is 5.84 Å². The van der Waals surface area contributed by atoms with Crippen LogP contribution in [0.2, 0.25) is 0 Å². The fourth-order valence-corrected chi connectivity index (χ4v) is 3.21. The Hall–Kier alpha value is -3.47. The average Bonchev–Trinajstić information content (AvgIpc) is 2.78. The van der Waals surface area contributed by atoms with E-state index < -0.39 is 0 Å². The van der Waals surface area contributed by atoms with E-state index in [4.69, 9.17) is 25.4 Å². The summed E-state index contributed by atoms with van der Waals surface area (Å²) in [6, 6.07) is 21.5. The first-order chi connectivity index (χ1) is 14.6. The zero-order valence-electron chi connectivity index (χ0n) is 17.5. The molecule has 0 atom stereocenters. The first-order valence-corrected chi connectivity index (χ1v) is 10.1. The van der Waals surface area contributed by atoms with Crippen molar-refractivity contribution in [2.45, 2.75) is 19.8 Å². The highest BCUT2D eigenvalue weighted by atomic mass is 16.5. The van der Waals surface area contributed by atoms with Crippen LogP contribution in [0.1, 0.15) is 24.5 Å². The van der Waals surface area contributed by atoms with Crippen LogP contribution in [-0.4, -0.2) is 26.2 Å². The molecular weight excluding hydrogens is 376 g/mol. The molecular formula is C25H28N2O3. The van der Waals surface area contributed by atoms with Gasteiger partial charge in [0.25, 0.3) is 0 Å². The van der Waals surface area contributed by atoms with E-state index in [1.54, 1.807) is 7.11 Å². The minimum Gasteiger partial charge on any atom is -0.497 e. The molecule has 0 bridgehead atoms. The van der Waals surface area contributed by atoms with Crippen LogP contribution >= 0.6 is 0 Å². The molecule has 0 saturated heterocycles. The molecule has 3 N–H and O–H groups in total. The lowest BCUT2D eigenvalue weighted by Gasteiger charge is -2.14. The molecule has 0 unspecified atom stereocenters. The summed E-state index contributed by atoms with van der Waals surface area (Å²) in [7, 11) is 1.64. The molecule has 3 aromatic rings. The van der Waals surface area contributed by atoms with E-state index in [0.29, 0.717) is 13.2 Å². The first kappa shape index (κ1) is 21.2. The van der Waals surface area contributed by atoms with Gasteiger partial charge < -0.3 is 19.9 Å². The van der Waals surface area contributed by atoms with Crippen LogP contribution in [0.3, 0.4) is 0 Å². The highest BCUT2D eigenvalue weighted by Crippen LogP contribution is 2.28. The molecule has 0 aliphatic rings. The number of benzene rings is 3. The predicted octanol–water partition coefficient (Wildman–Crippen LogP) is 5.06. The monoisotopic (exact) mass is 404 g/mol. The molecule has 3 aromatic carbocycles. The number of methoxy groups -OCH3 is 1. The quantitative estimate of drug-likeness (QED) is 0.281. The third-order valence-corrected chi connectivity index (χ3v) is 4.76. The number of nitrogens with one attached hydrogen (secondary N) is 1. The molecule has 0 heterocycles. The molecule has 5 nitrogen and oxygen atoms in total. The van der Waals surface area contributed by atoms with Crippen LogP contribution in [0.25, 0.3) is 11.1 Å². The summed E-state index contributed by atoms with van der Waals surface area (Å²) in [5.74, 6) is 2.49. The highest BCUT2D eigenvalue weighted by molar-refractivity contribution is 5.95. The zero-order chi connectivity index (χ0) is 21.3. The smallest absolute Gasteiger partial charge is 0.123 e. The largest absolute Gasteiger partial charge is 0.497 e. The Bertz CT molecular complexity index is 984. The van der Waals surface area contributed by atoms with Gasteiger partial charge in [0.1, 0.15) is 36.3 Å². The summed E-state index contributed by atoms with van der Waals surface area (Å²) in [5, 5.41) is 7.53. The van der Waals surface area contributed by atoms with Crippen molar-refractivity contribution in [2.75, 3.05) is 20.3 Å². The van der Waals surface area contributed by atoms with Crippen molar-refractivity contribution in [3.05, 3.63) is 77.9 Å². The molecule has 0 spiro atoms. The van der Waals surface area contributed by atoms with Crippen molar-refractivity contribution < 1.29 is 14.2 Å². The Morgan fingerprint density at radius 1 is 0.867 bits per heavy atom. The van der Waals surface area contributed by atoms with Gasteiger partial charge in [-0.25, -0.2) is 0 Å². The number of rotatable bonds is 10. The Balaban J connectivity index is 1.65. The predicted molar refractivity (Wildman–Crippen MR) is 121 cm³/mol. The van der Waals surface area contributed by atoms with Crippen LogP contribution in [0, 0.1) is 5.41 Å². The topological polar surface area (TPSA) is 77.6 Å². The van der Waals surface area contributed by atoms with Gasteiger partial charge in [-0.2, -0.15) is 0 Å². The van der Waals surface area contributed by atoms with E-state index in [1.807, 2.05) is 54.6 Å². The molecule has 0 aliphatic carbocycles. The van der Waals surface area contributed by atoms with Gasteiger partial charge in [0, 0.05) is 11.6 Å². The maximum absolute atomic E-state index is 7.53. The van der Waals surface area contributed by atoms with Crippen molar-refractivity contribution in [1.29, 1.82) is 5.41 Å². The van der Waals surface area contributed by atoms with Gasteiger partial charge in [-0.3, -0.25) is 5.41 Å². The summed E-state index contributed by atoms with van der Waals surface area (Å²) in [4.78, 5) is 0. The molecule has 0 aromatic heterocycles. The van der Waals surface area contributed by atoms with Gasteiger partial charge >= 0.3 is 0 Å². The molecule has 0 aliphatic heterocycles. The second-order valence-electron chi connectivity index (χ2n) is 6.94. The second kappa shape index (κ2) is 10.3. The normalized spacial score (nSPS) is 10.5. The zero-order valence-corrected chi connectivity index (χ0v) is 17.5. The minimum absolute atomic E-state index is 0.0770. The molecule has 0 amide bonds. The highest BCUT2D eigenvalue weighted by Gasteiger charge is 2.08. The van der Waals surface area contributed by atoms with Crippen molar-refractivity contribution in [3.63, 3.8) is 0 Å². The van der Waals surface area contributed by atoms with Crippen molar-refractivity contribution in [2.24, 2.45) is 5.73 Å². The van der Waals surface area contributed by atoms with Gasteiger partial charge in [0.2, 0.25) is 0 Å². The molecule has 0 fully saturated rings. The maximum Gasteiger partial charge on any atom is 0.123 e. The van der Waals surface area contributed by atoms with Crippen molar-refractivity contribution in [3.8, 4) is 28.4 Å². The van der Waals surface area contributed by atoms with E-state index in [0.717, 1.165) is 46.8 Å². The SMILES string of the molecule is CCCc1cc(-c2ccc(C(=N)N)cc2)ccc1OCCOc1cccc(OC)c1. The van der Waals surface area contributed by atoms with Crippen LogP contribution in [-0.2, 0) is 6.42 Å². The summed E-state index contributed by atoms with van der Waals surface area (Å²) in [6.07, 6.45) is 1.97. The van der Waals surface area contributed by atoms with Gasteiger partial charge in [0.15, 0.2) is 0 Å². The van der Waals surface area contributed by atoms with Crippen molar-refractivity contribution in [1.82, 2.24) is 0 Å². The minimum atomic E-state index is 0.0770. The van der Waals surface area contributed by atoms with Crippen LogP contribution in [0.4, 0.5) is 0 Å². The fourth-order valence-electron chi connectivity index (χ4n) is 3.21. The first-order valence-electron chi connectivity index (χ1n) is 10.1. The van der Waals surface area contributed by atoms with E-state index in [-0.39, 0.29) is 5.84 Å². The van der Waals surface area contributed by atoms with Gasteiger partial charge in [0.05, 0.1) is 7.11 Å². The molecule has 0 saturated carbocycles. The van der Waals surface area contributed by atoms with Crippen LogP contribution < -0.4 is 19.9 Å². The lowest BCUT2D eigenvalue weighted by molar-refractivity contribution is 0.215. The van der Waals surface area contributed by atoms with Crippen LogP contribution in [0.15, 0.2) is 66.7 Å². The number of amidine groups is 1. The Morgan fingerprint density at radius 2 is 1.57 bits per heavy atom. The fraction of sp³-hybridized carbons (Fsp3) is 0.240. The molecule has 0 radical (unpaired) electrons.